The third-order valence-electron chi connectivity index (χ3n) is 5.40. The summed E-state index contributed by atoms with van der Waals surface area (Å²) in [6.45, 7) is 2.53. The van der Waals surface area contributed by atoms with Gasteiger partial charge in [0.2, 0.25) is 11.8 Å². The van der Waals surface area contributed by atoms with Gasteiger partial charge in [-0.15, -0.1) is 0 Å². The van der Waals surface area contributed by atoms with E-state index in [0.717, 1.165) is 28.2 Å². The van der Waals surface area contributed by atoms with Gasteiger partial charge in [-0.3, -0.25) is 0 Å². The molecule has 0 unspecified atom stereocenters. The summed E-state index contributed by atoms with van der Waals surface area (Å²) in [5, 5.41) is 4.33. The quantitative estimate of drug-likeness (QED) is 0.450. The lowest BCUT2D eigenvalue weighted by Crippen LogP contribution is -2.24. The number of fused-ring (bicyclic) bond motifs is 1. The molecule has 0 saturated heterocycles. The second kappa shape index (κ2) is 9.27. The van der Waals surface area contributed by atoms with Crippen LogP contribution in [0.25, 0.3) is 11.3 Å². The zero-order valence-corrected chi connectivity index (χ0v) is 18.0. The number of nitrogen functional groups attached to an aromatic ring is 1. The van der Waals surface area contributed by atoms with Crippen molar-refractivity contribution < 1.29 is 14.0 Å². The summed E-state index contributed by atoms with van der Waals surface area (Å²) in [6.07, 6.45) is 1.16. The number of benzene rings is 1. The molecule has 0 saturated carbocycles. The first kappa shape index (κ1) is 21.6. The number of aryl methyl sites for hydroxylation is 1. The largest absolute Gasteiger partial charge is 0.481 e. The predicted molar refractivity (Wildman–Crippen MR) is 120 cm³/mol. The maximum absolute atomic E-state index is 14.3. The lowest BCUT2D eigenvalue weighted by molar-refractivity contribution is 0.151. The van der Waals surface area contributed by atoms with Crippen LogP contribution in [-0.4, -0.2) is 40.9 Å². The van der Waals surface area contributed by atoms with Gasteiger partial charge in [-0.05, 0) is 43.0 Å². The van der Waals surface area contributed by atoms with E-state index in [1.54, 1.807) is 19.2 Å². The number of aromatic nitrogens is 3. The molecule has 1 atom stereocenters. The molecule has 4 N–H and O–H groups in total. The van der Waals surface area contributed by atoms with E-state index >= 15 is 0 Å². The molecule has 0 bridgehead atoms. The molecule has 0 spiro atoms. The highest BCUT2D eigenvalue weighted by molar-refractivity contribution is 6.03. The number of nitrogens with zero attached hydrogens (tertiary/aromatic N) is 4. The Morgan fingerprint density at radius 3 is 2.78 bits per heavy atom. The van der Waals surface area contributed by atoms with Crippen LogP contribution in [0.5, 0.6) is 5.88 Å². The summed E-state index contributed by atoms with van der Waals surface area (Å²) in [5.74, 6) is 0.283. The van der Waals surface area contributed by atoms with Gasteiger partial charge in [-0.1, -0.05) is 17.3 Å². The Hall–Kier alpha value is -3.59. The van der Waals surface area contributed by atoms with E-state index < -0.39 is 0 Å². The first-order valence-corrected chi connectivity index (χ1v) is 10.3. The number of nitrogens with two attached hydrogens (primary N) is 2. The van der Waals surface area contributed by atoms with Crippen molar-refractivity contribution in [1.29, 1.82) is 0 Å². The normalized spacial score (nSPS) is 16.6. The first-order chi connectivity index (χ1) is 15.5. The molecule has 3 aromatic rings. The van der Waals surface area contributed by atoms with Gasteiger partial charge < -0.3 is 21.0 Å². The number of methoxy groups -OCH3 is 1. The summed E-state index contributed by atoms with van der Waals surface area (Å²) in [7, 11) is 1.55. The molecule has 2 heterocycles. The summed E-state index contributed by atoms with van der Waals surface area (Å²) < 4.78 is 19.5. The monoisotopic (exact) mass is 436 g/mol. The minimum Gasteiger partial charge on any atom is -0.481 e. The number of oxime groups is 1. The van der Waals surface area contributed by atoms with Crippen LogP contribution in [0, 0.1) is 12.7 Å². The number of ether oxygens (including phenoxy) is 1. The molecule has 8 nitrogen and oxygen atoms in total. The van der Waals surface area contributed by atoms with Crippen LogP contribution in [0.4, 0.5) is 10.3 Å². The van der Waals surface area contributed by atoms with Crippen LogP contribution in [-0.2, 0) is 11.3 Å². The molecule has 4 rings (SSSR count). The summed E-state index contributed by atoms with van der Waals surface area (Å²) in [6, 6.07) is 10.2. The first-order valence-electron chi connectivity index (χ1n) is 10.3. The smallest absolute Gasteiger partial charge is 0.220 e. The number of hydrogen-bond acceptors (Lipinski definition) is 8. The topological polar surface area (TPSA) is 122 Å². The van der Waals surface area contributed by atoms with Crippen molar-refractivity contribution in [3.8, 4) is 17.1 Å². The minimum absolute atomic E-state index is 0.0416. The minimum atomic E-state index is -0.341. The van der Waals surface area contributed by atoms with Crippen LogP contribution in [0.1, 0.15) is 34.9 Å². The molecule has 0 fully saturated rings. The van der Waals surface area contributed by atoms with Gasteiger partial charge in [0, 0.05) is 30.2 Å². The van der Waals surface area contributed by atoms with E-state index in [4.69, 9.17) is 21.0 Å². The van der Waals surface area contributed by atoms with E-state index in [1.165, 1.54) is 12.1 Å². The Balaban J connectivity index is 1.81. The molecule has 1 aromatic carbocycles. The fourth-order valence-electron chi connectivity index (χ4n) is 4.08. The molecule has 166 valence electrons. The van der Waals surface area contributed by atoms with E-state index in [0.29, 0.717) is 43.1 Å². The van der Waals surface area contributed by atoms with Crippen molar-refractivity contribution in [2.75, 3.05) is 26.0 Å². The Morgan fingerprint density at radius 2 is 2.00 bits per heavy atom. The Kier molecular flexibility index (Phi) is 6.27. The van der Waals surface area contributed by atoms with Crippen molar-refractivity contribution >= 4 is 11.7 Å². The van der Waals surface area contributed by atoms with Gasteiger partial charge in [0.25, 0.3) is 0 Å². The van der Waals surface area contributed by atoms with Crippen molar-refractivity contribution in [2.24, 2.45) is 10.9 Å². The number of hydrogen-bond donors (Lipinski definition) is 2. The highest BCUT2D eigenvalue weighted by Gasteiger charge is 2.31. The van der Waals surface area contributed by atoms with Gasteiger partial charge in [0.1, 0.15) is 12.4 Å². The highest BCUT2D eigenvalue weighted by atomic mass is 19.1. The molecule has 0 amide bonds. The van der Waals surface area contributed by atoms with Crippen LogP contribution in [0.15, 0.2) is 41.6 Å². The van der Waals surface area contributed by atoms with E-state index in [1.807, 2.05) is 19.1 Å². The highest BCUT2D eigenvalue weighted by Crippen LogP contribution is 2.38. The third-order valence-corrected chi connectivity index (χ3v) is 5.40. The summed E-state index contributed by atoms with van der Waals surface area (Å²) in [5.41, 5.74) is 16.8. The lowest BCUT2D eigenvalue weighted by Gasteiger charge is -2.27. The van der Waals surface area contributed by atoms with Crippen LogP contribution < -0.4 is 16.2 Å². The van der Waals surface area contributed by atoms with Gasteiger partial charge >= 0.3 is 0 Å². The van der Waals surface area contributed by atoms with Crippen LogP contribution in [0.3, 0.4) is 0 Å². The maximum Gasteiger partial charge on any atom is 0.220 e. The molecule has 32 heavy (non-hydrogen) atoms. The third kappa shape index (κ3) is 4.38. The van der Waals surface area contributed by atoms with Gasteiger partial charge in [-0.25, -0.2) is 19.3 Å². The van der Waals surface area contributed by atoms with E-state index in [2.05, 4.69) is 20.1 Å². The second-order valence-electron chi connectivity index (χ2n) is 7.55. The Bertz CT molecular complexity index is 1170. The van der Waals surface area contributed by atoms with Crippen molar-refractivity contribution in [2.45, 2.75) is 25.7 Å². The number of pyridine rings is 1. The van der Waals surface area contributed by atoms with Crippen LogP contribution in [0.2, 0.25) is 0 Å². The zero-order valence-electron chi connectivity index (χ0n) is 18.0. The maximum atomic E-state index is 14.3. The molecule has 9 heteroatoms. The Labute approximate surface area is 185 Å². The standard InChI is InChI=1S/C23H25FN6O2/c1-13-22-19(29-23(26)27-13)10-14(11-20(22)30-32-9-8-25)16-7-6-15(24)12-17(16)18-4-3-5-21(28-18)31-2/h3-7,12,14H,8-11,25H2,1-2H3,(H2,26,27,29)/t14-/m1/s1. The van der Waals surface area contributed by atoms with Crippen molar-refractivity contribution in [3.05, 3.63) is 64.7 Å². The number of halogens is 1. The zero-order chi connectivity index (χ0) is 22.7. The molecule has 2 aromatic heterocycles. The molecular formula is C23H25FN6O2. The Morgan fingerprint density at radius 1 is 1.16 bits per heavy atom. The fourth-order valence-corrected chi connectivity index (χ4v) is 4.08. The SMILES string of the molecule is COc1cccc(-c2cc(F)ccc2[C@H]2CC(=NOCCN)c3c(C)nc(N)nc3C2)n1. The number of rotatable bonds is 6. The van der Waals surface area contributed by atoms with Crippen molar-refractivity contribution in [1.82, 2.24) is 15.0 Å². The lowest BCUT2D eigenvalue weighted by atomic mass is 9.79. The molecule has 0 aliphatic heterocycles. The van der Waals surface area contributed by atoms with Crippen LogP contribution >= 0.6 is 0 Å². The molecule has 1 aliphatic rings. The van der Waals surface area contributed by atoms with E-state index in [-0.39, 0.29) is 17.7 Å². The summed E-state index contributed by atoms with van der Waals surface area (Å²) >= 11 is 0. The fraction of sp³-hybridized carbons (Fsp3) is 0.304. The van der Waals surface area contributed by atoms with E-state index in [9.17, 15) is 4.39 Å². The average Bonchev–Trinajstić information content (AvgIpc) is 2.78. The van der Waals surface area contributed by atoms with Crippen molar-refractivity contribution in [3.63, 3.8) is 0 Å². The molecule has 1 aliphatic carbocycles. The average molecular weight is 436 g/mol. The second-order valence-corrected chi connectivity index (χ2v) is 7.55. The molecular weight excluding hydrogens is 411 g/mol. The predicted octanol–water partition coefficient (Wildman–Crippen LogP) is 2.99. The van der Waals surface area contributed by atoms with Gasteiger partial charge in [0.05, 0.1) is 29.9 Å². The molecule has 0 radical (unpaired) electrons. The number of anilines is 1. The van der Waals surface area contributed by atoms with Gasteiger partial charge in [-0.2, -0.15) is 0 Å². The summed E-state index contributed by atoms with van der Waals surface area (Å²) in [4.78, 5) is 18.7. The van der Waals surface area contributed by atoms with Gasteiger partial charge in [0.15, 0.2) is 0 Å².